The van der Waals surface area contributed by atoms with E-state index in [1.165, 1.54) is 13.4 Å². The van der Waals surface area contributed by atoms with Gasteiger partial charge in [-0.1, -0.05) is 12.1 Å². The van der Waals surface area contributed by atoms with E-state index in [0.717, 1.165) is 22.4 Å². The topological polar surface area (TPSA) is 69.9 Å². The third kappa shape index (κ3) is 2.23. The van der Waals surface area contributed by atoms with E-state index in [1.807, 2.05) is 28.8 Å². The third-order valence-electron chi connectivity index (χ3n) is 3.00. The van der Waals surface area contributed by atoms with Gasteiger partial charge in [0, 0.05) is 5.69 Å². The van der Waals surface area contributed by atoms with E-state index in [2.05, 4.69) is 19.7 Å². The Balaban J connectivity index is 1.93. The maximum atomic E-state index is 11.2. The molecule has 0 unspecified atom stereocenters. The molecule has 3 aromatic rings. The molecule has 6 nitrogen and oxygen atoms in total. The number of rotatable bonds is 3. The van der Waals surface area contributed by atoms with E-state index in [0.29, 0.717) is 0 Å². The van der Waals surface area contributed by atoms with Gasteiger partial charge in [-0.25, -0.2) is 15.0 Å². The molecule has 0 fully saturated rings. The van der Waals surface area contributed by atoms with E-state index in [-0.39, 0.29) is 12.4 Å². The Labute approximate surface area is 115 Å². The van der Waals surface area contributed by atoms with Crippen LogP contribution in [-0.4, -0.2) is 32.6 Å². The molecule has 0 bridgehead atoms. The molecule has 0 aliphatic carbocycles. The zero-order chi connectivity index (χ0) is 13.9. The minimum atomic E-state index is -0.251. The number of hydrogen-bond donors (Lipinski definition) is 0. The number of aromatic nitrogens is 4. The van der Waals surface area contributed by atoms with Gasteiger partial charge in [-0.3, -0.25) is 9.36 Å². The number of benzene rings is 1. The molecule has 0 atom stereocenters. The van der Waals surface area contributed by atoms with Crippen LogP contribution >= 0.6 is 0 Å². The highest BCUT2D eigenvalue weighted by molar-refractivity contribution is 5.73. The van der Waals surface area contributed by atoms with Gasteiger partial charge in [-0.05, 0) is 17.7 Å². The average molecular weight is 268 g/mol. The summed E-state index contributed by atoms with van der Waals surface area (Å²) in [5, 5.41) is 0. The lowest BCUT2D eigenvalue weighted by atomic mass is 10.1. The van der Waals surface area contributed by atoms with E-state index >= 15 is 0 Å². The number of carbonyl (C=O) groups excluding carboxylic acids is 1. The quantitative estimate of drug-likeness (QED) is 0.674. The molecule has 0 saturated carbocycles. The van der Waals surface area contributed by atoms with Gasteiger partial charge in [0.1, 0.15) is 18.2 Å². The number of ether oxygens (including phenoxy) is 1. The van der Waals surface area contributed by atoms with Gasteiger partial charge in [0.15, 0.2) is 5.65 Å². The first kappa shape index (κ1) is 12.3. The van der Waals surface area contributed by atoms with E-state index in [9.17, 15) is 4.79 Å². The molecule has 0 N–H and O–H groups in total. The fourth-order valence-corrected chi connectivity index (χ4v) is 1.97. The van der Waals surface area contributed by atoms with Gasteiger partial charge in [0.25, 0.3) is 0 Å². The Morgan fingerprint density at radius 3 is 2.80 bits per heavy atom. The van der Waals surface area contributed by atoms with Crippen molar-refractivity contribution in [2.45, 2.75) is 6.42 Å². The summed E-state index contributed by atoms with van der Waals surface area (Å²) in [5.41, 5.74) is 3.33. The number of fused-ring (bicyclic) bond motifs is 1. The molecular weight excluding hydrogens is 256 g/mol. The first-order valence-electron chi connectivity index (χ1n) is 6.07. The average Bonchev–Trinajstić information content (AvgIpc) is 2.92. The van der Waals surface area contributed by atoms with Crippen molar-refractivity contribution in [3.05, 3.63) is 48.7 Å². The molecule has 6 heteroatoms. The van der Waals surface area contributed by atoms with E-state index in [1.54, 1.807) is 12.5 Å². The van der Waals surface area contributed by atoms with Gasteiger partial charge < -0.3 is 4.74 Å². The molecule has 100 valence electrons. The molecule has 0 amide bonds. The maximum Gasteiger partial charge on any atom is 0.309 e. The summed E-state index contributed by atoms with van der Waals surface area (Å²) < 4.78 is 6.52. The third-order valence-corrected chi connectivity index (χ3v) is 3.00. The SMILES string of the molecule is COC(=O)Cc1ccc(-n2cnc3cncnc32)cc1. The van der Waals surface area contributed by atoms with Crippen LogP contribution in [0.25, 0.3) is 16.9 Å². The molecule has 2 aromatic heterocycles. The summed E-state index contributed by atoms with van der Waals surface area (Å²) in [6.07, 6.45) is 5.13. The number of nitrogens with zero attached hydrogens (tertiary/aromatic N) is 4. The number of hydrogen-bond acceptors (Lipinski definition) is 5. The van der Waals surface area contributed by atoms with Crippen LogP contribution in [0.15, 0.2) is 43.1 Å². The van der Waals surface area contributed by atoms with Crippen LogP contribution in [-0.2, 0) is 16.0 Å². The van der Waals surface area contributed by atoms with Crippen LogP contribution in [0.5, 0.6) is 0 Å². The summed E-state index contributed by atoms with van der Waals surface area (Å²) in [4.78, 5) is 23.6. The lowest BCUT2D eigenvalue weighted by Crippen LogP contribution is -2.04. The highest BCUT2D eigenvalue weighted by Crippen LogP contribution is 2.16. The van der Waals surface area contributed by atoms with Crippen molar-refractivity contribution in [2.24, 2.45) is 0 Å². The highest BCUT2D eigenvalue weighted by atomic mass is 16.5. The van der Waals surface area contributed by atoms with Crippen molar-refractivity contribution < 1.29 is 9.53 Å². The van der Waals surface area contributed by atoms with Crippen molar-refractivity contribution in [2.75, 3.05) is 7.11 Å². The second-order valence-electron chi connectivity index (χ2n) is 4.27. The zero-order valence-electron chi connectivity index (χ0n) is 10.9. The number of methoxy groups -OCH3 is 1. The summed E-state index contributed by atoms with van der Waals surface area (Å²) in [6, 6.07) is 7.61. The molecule has 3 rings (SSSR count). The monoisotopic (exact) mass is 268 g/mol. The van der Waals surface area contributed by atoms with Crippen LogP contribution in [0.3, 0.4) is 0 Å². The van der Waals surface area contributed by atoms with Crippen molar-refractivity contribution in [3.63, 3.8) is 0 Å². The molecular formula is C14H12N4O2. The summed E-state index contributed by atoms with van der Waals surface area (Å²) >= 11 is 0. The number of esters is 1. The van der Waals surface area contributed by atoms with Crippen LogP contribution in [0.4, 0.5) is 0 Å². The highest BCUT2D eigenvalue weighted by Gasteiger charge is 2.07. The van der Waals surface area contributed by atoms with Gasteiger partial charge in [0.05, 0.1) is 19.7 Å². The summed E-state index contributed by atoms with van der Waals surface area (Å²) in [6.45, 7) is 0. The van der Waals surface area contributed by atoms with Crippen LogP contribution in [0, 0.1) is 0 Å². The molecule has 0 radical (unpaired) electrons. The molecule has 20 heavy (non-hydrogen) atoms. The first-order valence-corrected chi connectivity index (χ1v) is 6.07. The molecule has 0 aliphatic heterocycles. The standard InChI is InChI=1S/C14H12N4O2/c1-20-13(19)6-10-2-4-11(5-3-10)18-9-17-12-7-15-8-16-14(12)18/h2-5,7-9H,6H2,1H3. The minimum Gasteiger partial charge on any atom is -0.469 e. The Morgan fingerprint density at radius 1 is 1.25 bits per heavy atom. The van der Waals surface area contributed by atoms with Crippen LogP contribution < -0.4 is 0 Å². The van der Waals surface area contributed by atoms with Crippen molar-refractivity contribution in [1.82, 2.24) is 19.5 Å². The minimum absolute atomic E-state index is 0.251. The predicted octanol–water partition coefficient (Wildman–Crippen LogP) is 1.53. The molecule has 2 heterocycles. The normalized spacial score (nSPS) is 10.7. The summed E-state index contributed by atoms with van der Waals surface area (Å²) in [5.74, 6) is -0.251. The second kappa shape index (κ2) is 5.08. The zero-order valence-corrected chi connectivity index (χ0v) is 10.9. The van der Waals surface area contributed by atoms with E-state index < -0.39 is 0 Å². The van der Waals surface area contributed by atoms with Crippen LogP contribution in [0.2, 0.25) is 0 Å². The lowest BCUT2D eigenvalue weighted by molar-refractivity contribution is -0.139. The fraction of sp³-hybridized carbons (Fsp3) is 0.143. The van der Waals surface area contributed by atoms with Crippen molar-refractivity contribution in [1.29, 1.82) is 0 Å². The van der Waals surface area contributed by atoms with Crippen LogP contribution in [0.1, 0.15) is 5.56 Å². The Kier molecular flexibility index (Phi) is 3.12. The molecule has 0 saturated heterocycles. The maximum absolute atomic E-state index is 11.2. The molecule has 1 aromatic carbocycles. The van der Waals surface area contributed by atoms with Crippen molar-refractivity contribution >= 4 is 17.1 Å². The Morgan fingerprint density at radius 2 is 2.05 bits per heavy atom. The van der Waals surface area contributed by atoms with Gasteiger partial charge in [0.2, 0.25) is 0 Å². The fourth-order valence-electron chi connectivity index (χ4n) is 1.97. The Hall–Kier alpha value is -2.76. The Bertz CT molecular complexity index is 749. The smallest absolute Gasteiger partial charge is 0.309 e. The van der Waals surface area contributed by atoms with Gasteiger partial charge in [-0.15, -0.1) is 0 Å². The number of carbonyl (C=O) groups is 1. The summed E-state index contributed by atoms with van der Waals surface area (Å²) in [7, 11) is 1.38. The first-order chi connectivity index (χ1) is 9.78. The molecule has 0 aliphatic rings. The van der Waals surface area contributed by atoms with Crippen molar-refractivity contribution in [3.8, 4) is 5.69 Å². The largest absolute Gasteiger partial charge is 0.469 e. The molecule has 0 spiro atoms. The predicted molar refractivity (Wildman–Crippen MR) is 72.4 cm³/mol. The van der Waals surface area contributed by atoms with Gasteiger partial charge in [-0.2, -0.15) is 0 Å². The van der Waals surface area contributed by atoms with Gasteiger partial charge >= 0.3 is 5.97 Å². The van der Waals surface area contributed by atoms with E-state index in [4.69, 9.17) is 0 Å². The second-order valence-corrected chi connectivity index (χ2v) is 4.27. The number of imidazole rings is 1. The lowest BCUT2D eigenvalue weighted by Gasteiger charge is -2.05.